The molecule has 3 heterocycles. The third kappa shape index (κ3) is 3.01. The van der Waals surface area contributed by atoms with Crippen molar-refractivity contribution in [2.24, 2.45) is 11.8 Å². The van der Waals surface area contributed by atoms with Crippen molar-refractivity contribution < 1.29 is 4.74 Å². The van der Waals surface area contributed by atoms with Crippen molar-refractivity contribution in [3.05, 3.63) is 29.3 Å². The van der Waals surface area contributed by atoms with Gasteiger partial charge in [-0.25, -0.2) is 9.97 Å². The van der Waals surface area contributed by atoms with Crippen molar-refractivity contribution in [1.29, 1.82) is 0 Å². The number of fused-ring (bicyclic) bond motifs is 1. The SMILES string of the molecule is Cc1cc(C)n2c(CNC[C@H]3CCO[C@@H]3C(C)C)cnc2n1. The van der Waals surface area contributed by atoms with Crippen LogP contribution in [0.15, 0.2) is 12.3 Å². The maximum atomic E-state index is 5.85. The molecule has 0 unspecified atom stereocenters. The Balaban J connectivity index is 1.65. The molecule has 5 nitrogen and oxygen atoms in total. The predicted molar refractivity (Wildman–Crippen MR) is 86.9 cm³/mol. The van der Waals surface area contributed by atoms with Gasteiger partial charge in [-0.1, -0.05) is 13.8 Å². The summed E-state index contributed by atoms with van der Waals surface area (Å²) < 4.78 is 7.98. The maximum absolute atomic E-state index is 5.85. The summed E-state index contributed by atoms with van der Waals surface area (Å²) in [5, 5.41) is 3.58. The van der Waals surface area contributed by atoms with Gasteiger partial charge in [-0.2, -0.15) is 0 Å². The first-order valence-electron chi connectivity index (χ1n) is 8.19. The first-order valence-corrected chi connectivity index (χ1v) is 8.19. The van der Waals surface area contributed by atoms with Crippen molar-refractivity contribution >= 4 is 5.78 Å². The van der Waals surface area contributed by atoms with Crippen molar-refractivity contribution in [2.75, 3.05) is 13.2 Å². The van der Waals surface area contributed by atoms with E-state index in [1.54, 1.807) is 0 Å². The van der Waals surface area contributed by atoms with E-state index >= 15 is 0 Å². The summed E-state index contributed by atoms with van der Waals surface area (Å²) in [6, 6.07) is 2.10. The summed E-state index contributed by atoms with van der Waals surface area (Å²) in [4.78, 5) is 8.90. The molecular formula is C17H26N4O. The molecule has 0 spiro atoms. The number of ether oxygens (including phenoxy) is 1. The van der Waals surface area contributed by atoms with Gasteiger partial charge in [0, 0.05) is 31.1 Å². The minimum atomic E-state index is 0.390. The molecule has 1 fully saturated rings. The van der Waals surface area contributed by atoms with Crippen LogP contribution in [0.1, 0.15) is 37.4 Å². The van der Waals surface area contributed by atoms with Gasteiger partial charge in [-0.15, -0.1) is 0 Å². The summed E-state index contributed by atoms with van der Waals surface area (Å²) in [6.45, 7) is 11.3. The number of hydrogen-bond donors (Lipinski definition) is 1. The zero-order valence-corrected chi connectivity index (χ0v) is 14.0. The van der Waals surface area contributed by atoms with Crippen LogP contribution in [-0.2, 0) is 11.3 Å². The average Bonchev–Trinajstić information content (AvgIpc) is 3.05. The Morgan fingerprint density at radius 3 is 3.00 bits per heavy atom. The zero-order valence-electron chi connectivity index (χ0n) is 14.0. The molecule has 5 heteroatoms. The highest BCUT2D eigenvalue weighted by atomic mass is 16.5. The molecule has 0 aliphatic carbocycles. The fourth-order valence-corrected chi connectivity index (χ4v) is 3.52. The average molecular weight is 302 g/mol. The van der Waals surface area contributed by atoms with Gasteiger partial charge in [-0.3, -0.25) is 4.40 Å². The molecule has 0 saturated carbocycles. The molecule has 2 atom stereocenters. The number of nitrogens with one attached hydrogen (secondary N) is 1. The molecule has 1 aliphatic heterocycles. The zero-order chi connectivity index (χ0) is 15.7. The Kier molecular flexibility index (Phi) is 4.45. The molecule has 0 bridgehead atoms. The fourth-order valence-electron chi connectivity index (χ4n) is 3.52. The second-order valence-electron chi connectivity index (χ2n) is 6.68. The fraction of sp³-hybridized carbons (Fsp3) is 0.647. The van der Waals surface area contributed by atoms with Gasteiger partial charge in [0.15, 0.2) is 0 Å². The summed E-state index contributed by atoms with van der Waals surface area (Å²) in [6.07, 6.45) is 3.47. The molecule has 0 radical (unpaired) electrons. The second kappa shape index (κ2) is 6.34. The minimum Gasteiger partial charge on any atom is -0.378 e. The van der Waals surface area contributed by atoms with Gasteiger partial charge in [0.25, 0.3) is 0 Å². The lowest BCUT2D eigenvalue weighted by Gasteiger charge is -2.22. The van der Waals surface area contributed by atoms with Crippen LogP contribution >= 0.6 is 0 Å². The van der Waals surface area contributed by atoms with Gasteiger partial charge in [0.05, 0.1) is 18.0 Å². The van der Waals surface area contributed by atoms with E-state index in [0.717, 1.165) is 37.6 Å². The van der Waals surface area contributed by atoms with E-state index in [4.69, 9.17) is 4.74 Å². The van der Waals surface area contributed by atoms with E-state index in [2.05, 4.69) is 46.5 Å². The molecule has 120 valence electrons. The molecule has 2 aromatic heterocycles. The van der Waals surface area contributed by atoms with Crippen LogP contribution in [0.4, 0.5) is 0 Å². The third-order valence-electron chi connectivity index (χ3n) is 4.50. The quantitative estimate of drug-likeness (QED) is 0.922. The Bertz CT molecular complexity index is 649. The van der Waals surface area contributed by atoms with Crippen molar-refractivity contribution in [3.8, 4) is 0 Å². The number of hydrogen-bond acceptors (Lipinski definition) is 4. The normalized spacial score (nSPS) is 22.0. The Hall–Kier alpha value is -1.46. The van der Waals surface area contributed by atoms with E-state index in [1.807, 2.05) is 13.1 Å². The lowest BCUT2D eigenvalue weighted by atomic mass is 9.93. The Morgan fingerprint density at radius 2 is 2.23 bits per heavy atom. The lowest BCUT2D eigenvalue weighted by Crippen LogP contribution is -2.31. The van der Waals surface area contributed by atoms with Gasteiger partial charge in [-0.05, 0) is 38.2 Å². The molecule has 1 N–H and O–H groups in total. The number of rotatable bonds is 5. The van der Waals surface area contributed by atoms with E-state index in [-0.39, 0.29) is 0 Å². The van der Waals surface area contributed by atoms with Crippen LogP contribution in [-0.4, -0.2) is 33.6 Å². The summed E-state index contributed by atoms with van der Waals surface area (Å²) in [5.41, 5.74) is 3.36. The number of aryl methyl sites for hydroxylation is 2. The van der Waals surface area contributed by atoms with Gasteiger partial charge in [0.1, 0.15) is 0 Å². The van der Waals surface area contributed by atoms with E-state index in [9.17, 15) is 0 Å². The molecule has 2 aromatic rings. The highest BCUT2D eigenvalue weighted by Crippen LogP contribution is 2.26. The number of aromatic nitrogens is 3. The Morgan fingerprint density at radius 1 is 1.41 bits per heavy atom. The smallest absolute Gasteiger partial charge is 0.234 e. The summed E-state index contributed by atoms with van der Waals surface area (Å²) in [5.74, 6) is 1.98. The van der Waals surface area contributed by atoms with Crippen LogP contribution in [0.25, 0.3) is 5.78 Å². The van der Waals surface area contributed by atoms with E-state index < -0.39 is 0 Å². The third-order valence-corrected chi connectivity index (χ3v) is 4.50. The van der Waals surface area contributed by atoms with Crippen LogP contribution in [0, 0.1) is 25.7 Å². The van der Waals surface area contributed by atoms with Crippen molar-refractivity contribution in [1.82, 2.24) is 19.7 Å². The molecule has 3 rings (SSSR count). The largest absolute Gasteiger partial charge is 0.378 e. The van der Waals surface area contributed by atoms with Crippen LogP contribution in [0.2, 0.25) is 0 Å². The first kappa shape index (κ1) is 15.4. The van der Waals surface area contributed by atoms with Crippen LogP contribution in [0.5, 0.6) is 0 Å². The molecule has 22 heavy (non-hydrogen) atoms. The highest BCUT2D eigenvalue weighted by Gasteiger charge is 2.30. The lowest BCUT2D eigenvalue weighted by molar-refractivity contribution is 0.0539. The van der Waals surface area contributed by atoms with Gasteiger partial charge < -0.3 is 10.1 Å². The molecule has 0 aromatic carbocycles. The molecular weight excluding hydrogens is 276 g/mol. The van der Waals surface area contributed by atoms with Crippen LogP contribution in [0.3, 0.4) is 0 Å². The van der Waals surface area contributed by atoms with E-state index in [0.29, 0.717) is 17.9 Å². The van der Waals surface area contributed by atoms with Gasteiger partial charge >= 0.3 is 0 Å². The monoisotopic (exact) mass is 302 g/mol. The van der Waals surface area contributed by atoms with Crippen molar-refractivity contribution in [3.63, 3.8) is 0 Å². The molecule has 1 aliphatic rings. The number of nitrogens with zero attached hydrogens (tertiary/aromatic N) is 3. The summed E-state index contributed by atoms with van der Waals surface area (Å²) in [7, 11) is 0. The molecule has 0 amide bonds. The Labute approximate surface area is 132 Å². The van der Waals surface area contributed by atoms with Gasteiger partial charge in [0.2, 0.25) is 5.78 Å². The van der Waals surface area contributed by atoms with Crippen LogP contribution < -0.4 is 5.32 Å². The van der Waals surface area contributed by atoms with Crippen molar-refractivity contribution in [2.45, 2.75) is 46.8 Å². The van der Waals surface area contributed by atoms with E-state index in [1.165, 1.54) is 11.4 Å². The number of imidazole rings is 1. The highest BCUT2D eigenvalue weighted by molar-refractivity contribution is 5.35. The minimum absolute atomic E-state index is 0.390. The predicted octanol–water partition coefficient (Wildman–Crippen LogP) is 2.50. The second-order valence-corrected chi connectivity index (χ2v) is 6.68. The standard InChI is InChI=1S/C17H26N4O/c1-11(2)16-14(5-6-22-16)8-18-9-15-10-19-17-20-12(3)7-13(4)21(15)17/h7,10-11,14,16,18H,5-6,8-9H2,1-4H3/t14-,16-/m1/s1. The molecule has 1 saturated heterocycles. The first-order chi connectivity index (χ1) is 10.6. The maximum Gasteiger partial charge on any atom is 0.234 e. The summed E-state index contributed by atoms with van der Waals surface area (Å²) >= 11 is 0. The topological polar surface area (TPSA) is 51.5 Å².